The minimum absolute atomic E-state index is 0.0983. The number of aromatic nitrogens is 5. The lowest BCUT2D eigenvalue weighted by molar-refractivity contribution is -0.137. The van der Waals surface area contributed by atoms with Gasteiger partial charge < -0.3 is 9.84 Å². The van der Waals surface area contributed by atoms with Crippen molar-refractivity contribution in [2.75, 3.05) is 0 Å². The number of nitrogens with one attached hydrogen (secondary N) is 1. The summed E-state index contributed by atoms with van der Waals surface area (Å²) in [7, 11) is 0. The standard InChI is InChI=1S/C19H15F3N6O2/c1-11(23-16(29)10-28-25-14-4-2-3-5-15(14)26-28)18-24-17(27-30-18)12-6-8-13(9-7-12)19(20,21)22/h2-9,11H,10H2,1H3,(H,23,29)/t11-/m0/s1. The average molecular weight is 416 g/mol. The van der Waals surface area contributed by atoms with Crippen molar-refractivity contribution >= 4 is 16.9 Å². The van der Waals surface area contributed by atoms with E-state index in [4.69, 9.17) is 4.52 Å². The number of nitrogens with zero attached hydrogens (tertiary/aromatic N) is 5. The first-order chi connectivity index (χ1) is 14.3. The van der Waals surface area contributed by atoms with Crippen LogP contribution in [0.4, 0.5) is 13.2 Å². The molecule has 1 amide bonds. The van der Waals surface area contributed by atoms with Crippen molar-refractivity contribution in [1.29, 1.82) is 0 Å². The van der Waals surface area contributed by atoms with Crippen molar-refractivity contribution in [1.82, 2.24) is 30.5 Å². The first-order valence-electron chi connectivity index (χ1n) is 8.90. The predicted octanol–water partition coefficient (Wildman–Crippen LogP) is 3.38. The third-order valence-electron chi connectivity index (χ3n) is 4.27. The Balaban J connectivity index is 1.41. The van der Waals surface area contributed by atoms with Gasteiger partial charge >= 0.3 is 6.18 Å². The molecule has 0 spiro atoms. The van der Waals surface area contributed by atoms with Gasteiger partial charge in [-0.05, 0) is 31.2 Å². The molecule has 8 nitrogen and oxygen atoms in total. The highest BCUT2D eigenvalue weighted by Crippen LogP contribution is 2.30. The molecule has 2 aromatic carbocycles. The quantitative estimate of drug-likeness (QED) is 0.536. The van der Waals surface area contributed by atoms with E-state index in [1.165, 1.54) is 16.9 Å². The Kier molecular flexibility index (Phi) is 4.94. The first-order valence-corrected chi connectivity index (χ1v) is 8.90. The molecule has 0 aliphatic rings. The molecule has 0 bridgehead atoms. The number of hydrogen-bond donors (Lipinski definition) is 1. The van der Waals surface area contributed by atoms with Crippen LogP contribution in [0, 0.1) is 0 Å². The summed E-state index contributed by atoms with van der Waals surface area (Å²) in [6.07, 6.45) is -4.42. The molecule has 2 heterocycles. The monoisotopic (exact) mass is 416 g/mol. The minimum atomic E-state index is -4.42. The van der Waals surface area contributed by atoms with Gasteiger partial charge in [0, 0.05) is 5.56 Å². The second-order valence-corrected chi connectivity index (χ2v) is 6.54. The normalized spacial score (nSPS) is 12.8. The highest BCUT2D eigenvalue weighted by molar-refractivity contribution is 5.77. The lowest BCUT2D eigenvalue weighted by Gasteiger charge is -2.09. The Bertz CT molecular complexity index is 1150. The van der Waals surface area contributed by atoms with Gasteiger partial charge in [0.15, 0.2) is 0 Å². The molecule has 0 radical (unpaired) electrons. The van der Waals surface area contributed by atoms with Crippen LogP contribution in [-0.2, 0) is 17.5 Å². The molecule has 4 aromatic rings. The van der Waals surface area contributed by atoms with E-state index in [9.17, 15) is 18.0 Å². The van der Waals surface area contributed by atoms with Crippen molar-refractivity contribution in [3.8, 4) is 11.4 Å². The summed E-state index contributed by atoms with van der Waals surface area (Å²) in [5.74, 6) is -0.117. The van der Waals surface area contributed by atoms with Crippen LogP contribution in [0.15, 0.2) is 53.1 Å². The van der Waals surface area contributed by atoms with Crippen molar-refractivity contribution in [2.45, 2.75) is 25.7 Å². The zero-order valence-electron chi connectivity index (χ0n) is 15.6. The van der Waals surface area contributed by atoms with E-state index in [-0.39, 0.29) is 24.2 Å². The molecule has 0 aliphatic heterocycles. The molecule has 2 aromatic heterocycles. The summed E-state index contributed by atoms with van der Waals surface area (Å²) in [5.41, 5.74) is 0.951. The molecule has 0 saturated carbocycles. The molecule has 0 unspecified atom stereocenters. The molecule has 4 rings (SSSR count). The molecular weight excluding hydrogens is 401 g/mol. The Morgan fingerprint density at radius 3 is 2.33 bits per heavy atom. The van der Waals surface area contributed by atoms with Crippen LogP contribution in [0.5, 0.6) is 0 Å². The predicted molar refractivity (Wildman–Crippen MR) is 98.8 cm³/mol. The van der Waals surface area contributed by atoms with Crippen LogP contribution in [0.3, 0.4) is 0 Å². The number of benzene rings is 2. The molecular formula is C19H15F3N6O2. The molecule has 11 heteroatoms. The topological polar surface area (TPSA) is 98.7 Å². The number of alkyl halides is 3. The van der Waals surface area contributed by atoms with Gasteiger partial charge in [-0.15, -0.1) is 0 Å². The highest BCUT2D eigenvalue weighted by Gasteiger charge is 2.30. The van der Waals surface area contributed by atoms with Crippen molar-refractivity contribution < 1.29 is 22.5 Å². The summed E-state index contributed by atoms with van der Waals surface area (Å²) in [5, 5.41) is 14.9. The largest absolute Gasteiger partial charge is 0.416 e. The summed E-state index contributed by atoms with van der Waals surface area (Å²) < 4.78 is 43.1. The van der Waals surface area contributed by atoms with Crippen molar-refractivity contribution in [2.24, 2.45) is 0 Å². The van der Waals surface area contributed by atoms with E-state index in [0.717, 1.165) is 12.1 Å². The third-order valence-corrected chi connectivity index (χ3v) is 4.27. The van der Waals surface area contributed by atoms with Crippen molar-refractivity contribution in [3.63, 3.8) is 0 Å². The number of rotatable bonds is 5. The lowest BCUT2D eigenvalue weighted by atomic mass is 10.1. The molecule has 1 N–H and O–H groups in total. The van der Waals surface area contributed by atoms with Crippen molar-refractivity contribution in [3.05, 3.63) is 60.0 Å². The Labute approximate surface area is 167 Å². The Morgan fingerprint density at radius 1 is 1.10 bits per heavy atom. The van der Waals surface area contributed by atoms with E-state index >= 15 is 0 Å². The first kappa shape index (κ1) is 19.6. The van der Waals surface area contributed by atoms with Gasteiger partial charge in [0.2, 0.25) is 17.6 Å². The second-order valence-electron chi connectivity index (χ2n) is 6.54. The molecule has 154 valence electrons. The second kappa shape index (κ2) is 7.58. The summed E-state index contributed by atoms with van der Waals surface area (Å²) >= 11 is 0. The van der Waals surface area contributed by atoms with Gasteiger partial charge in [0.05, 0.1) is 5.56 Å². The lowest BCUT2D eigenvalue weighted by Crippen LogP contribution is -2.31. The highest BCUT2D eigenvalue weighted by atomic mass is 19.4. The van der Waals surface area contributed by atoms with Crippen LogP contribution in [0.25, 0.3) is 22.4 Å². The van der Waals surface area contributed by atoms with E-state index in [0.29, 0.717) is 16.6 Å². The Hall–Kier alpha value is -3.76. The molecule has 30 heavy (non-hydrogen) atoms. The zero-order chi connectivity index (χ0) is 21.3. The fraction of sp³-hybridized carbons (Fsp3) is 0.211. The van der Waals surface area contributed by atoms with Crippen LogP contribution in [0.2, 0.25) is 0 Å². The van der Waals surface area contributed by atoms with E-state index in [2.05, 4.69) is 25.7 Å². The van der Waals surface area contributed by atoms with Gasteiger partial charge in [-0.2, -0.15) is 33.1 Å². The maximum Gasteiger partial charge on any atom is 0.416 e. The number of amides is 1. The molecule has 0 saturated heterocycles. The summed E-state index contributed by atoms with van der Waals surface area (Å²) in [6.45, 7) is 1.55. The zero-order valence-corrected chi connectivity index (χ0v) is 15.6. The van der Waals surface area contributed by atoms with Gasteiger partial charge in [0.1, 0.15) is 23.6 Å². The maximum atomic E-state index is 12.7. The Morgan fingerprint density at radius 2 is 1.73 bits per heavy atom. The van der Waals surface area contributed by atoms with Gasteiger partial charge in [0.25, 0.3) is 0 Å². The SMILES string of the molecule is C[C@H](NC(=O)Cn1nc2ccccc2n1)c1nc(-c2ccc(C(F)(F)F)cc2)no1. The summed E-state index contributed by atoms with van der Waals surface area (Å²) in [6, 6.07) is 11.0. The van der Waals surface area contributed by atoms with Crippen LogP contribution in [0.1, 0.15) is 24.4 Å². The van der Waals surface area contributed by atoms with Crippen LogP contribution in [-0.4, -0.2) is 31.0 Å². The average Bonchev–Trinajstić information content (AvgIpc) is 3.34. The van der Waals surface area contributed by atoms with Gasteiger partial charge in [-0.1, -0.05) is 29.4 Å². The van der Waals surface area contributed by atoms with E-state index < -0.39 is 17.8 Å². The van der Waals surface area contributed by atoms with Crippen LogP contribution >= 0.6 is 0 Å². The number of carbonyl (C=O) groups excluding carboxylic acids is 1. The molecule has 0 aliphatic carbocycles. The third kappa shape index (κ3) is 4.14. The maximum absolute atomic E-state index is 12.7. The van der Waals surface area contributed by atoms with Gasteiger partial charge in [-0.3, -0.25) is 4.79 Å². The van der Waals surface area contributed by atoms with E-state index in [1.807, 2.05) is 12.1 Å². The minimum Gasteiger partial charge on any atom is -0.343 e. The number of hydrogen-bond acceptors (Lipinski definition) is 6. The van der Waals surface area contributed by atoms with Gasteiger partial charge in [-0.25, -0.2) is 0 Å². The van der Waals surface area contributed by atoms with Crippen LogP contribution < -0.4 is 5.32 Å². The fourth-order valence-electron chi connectivity index (χ4n) is 2.79. The fourth-order valence-corrected chi connectivity index (χ4v) is 2.79. The molecule has 0 fully saturated rings. The molecule has 1 atom stereocenters. The summed E-state index contributed by atoms with van der Waals surface area (Å²) in [4.78, 5) is 17.7. The van der Waals surface area contributed by atoms with E-state index in [1.54, 1.807) is 19.1 Å². The number of carbonyl (C=O) groups is 1. The number of halogens is 3. The smallest absolute Gasteiger partial charge is 0.343 e. The number of fused-ring (bicyclic) bond motifs is 1.